The van der Waals surface area contributed by atoms with Crippen molar-refractivity contribution in [2.45, 2.75) is 26.3 Å². The topological polar surface area (TPSA) is 35.8 Å². The second-order valence-electron chi connectivity index (χ2n) is 4.80. The highest BCUT2D eigenvalue weighted by molar-refractivity contribution is 5.57. The van der Waals surface area contributed by atoms with Gasteiger partial charge in [-0.15, -0.1) is 0 Å². The van der Waals surface area contributed by atoms with Crippen molar-refractivity contribution in [1.82, 2.24) is 5.32 Å². The molecule has 0 atom stereocenters. The Hall–Kier alpha value is -1.59. The Morgan fingerprint density at radius 3 is 2.44 bits per heavy atom. The molecule has 0 saturated heterocycles. The normalized spacial score (nSPS) is 12.2. The summed E-state index contributed by atoms with van der Waals surface area (Å²) < 4.78 is 0. The molecule has 0 amide bonds. The van der Waals surface area contributed by atoms with Gasteiger partial charge in [-0.2, -0.15) is 5.26 Å². The summed E-state index contributed by atoms with van der Waals surface area (Å²) in [6.07, 6.45) is 1.92. The van der Waals surface area contributed by atoms with Crippen LogP contribution in [0, 0.1) is 11.3 Å². The average molecular weight is 214 g/mol. The third-order valence-electron chi connectivity index (χ3n) is 2.09. The summed E-state index contributed by atoms with van der Waals surface area (Å²) in [4.78, 5) is 0. The smallest absolute Gasteiger partial charge is 0.0961 e. The molecular weight excluding hydrogens is 196 g/mol. The molecule has 0 aromatic heterocycles. The Morgan fingerprint density at radius 1 is 1.31 bits per heavy atom. The van der Waals surface area contributed by atoms with E-state index in [1.54, 1.807) is 0 Å². The second-order valence-corrected chi connectivity index (χ2v) is 4.80. The minimum absolute atomic E-state index is 0.0344. The first-order valence-electron chi connectivity index (χ1n) is 5.42. The molecule has 0 aliphatic heterocycles. The first-order valence-corrected chi connectivity index (χ1v) is 5.42. The number of hydrogen-bond donors (Lipinski definition) is 1. The summed E-state index contributed by atoms with van der Waals surface area (Å²) in [6, 6.07) is 12.1. The van der Waals surface area contributed by atoms with Crippen LogP contribution in [0.3, 0.4) is 0 Å². The van der Waals surface area contributed by atoms with Crippen molar-refractivity contribution < 1.29 is 0 Å². The Balaban J connectivity index is 2.69. The van der Waals surface area contributed by atoms with Gasteiger partial charge in [0.05, 0.1) is 6.07 Å². The number of benzene rings is 1. The first-order chi connectivity index (χ1) is 7.51. The molecule has 1 aromatic carbocycles. The van der Waals surface area contributed by atoms with E-state index in [-0.39, 0.29) is 5.54 Å². The largest absolute Gasteiger partial charge is 0.307 e. The van der Waals surface area contributed by atoms with Crippen LogP contribution >= 0.6 is 0 Å². The predicted octanol–water partition coefficient (Wildman–Crippen LogP) is 2.98. The number of nitrogens with one attached hydrogen (secondary N) is 1. The molecule has 0 heterocycles. The van der Waals surface area contributed by atoms with E-state index in [4.69, 9.17) is 5.26 Å². The quantitative estimate of drug-likeness (QED) is 0.785. The summed E-state index contributed by atoms with van der Waals surface area (Å²) in [5.74, 6) is 0. The molecular formula is C14H18N2. The molecule has 1 aromatic rings. The van der Waals surface area contributed by atoms with Gasteiger partial charge >= 0.3 is 0 Å². The maximum absolute atomic E-state index is 9.03. The standard InChI is InChI=1S/C14H18N2/c1-14(2,3)16-11-13(10-15)9-12-7-5-4-6-8-12/h4-9,16H,11H2,1-3H3/b13-9+. The van der Waals surface area contributed by atoms with Crippen LogP contribution in [0.4, 0.5) is 0 Å². The molecule has 0 bridgehead atoms. The number of hydrogen-bond acceptors (Lipinski definition) is 2. The lowest BCUT2D eigenvalue weighted by molar-refractivity contribution is 0.447. The minimum Gasteiger partial charge on any atom is -0.307 e. The molecule has 0 spiro atoms. The molecule has 0 fully saturated rings. The zero-order chi connectivity index (χ0) is 12.0. The Bertz CT molecular complexity index is 391. The maximum atomic E-state index is 9.03. The summed E-state index contributed by atoms with van der Waals surface area (Å²) in [6.45, 7) is 6.87. The molecule has 1 N–H and O–H groups in total. The van der Waals surface area contributed by atoms with Crippen LogP contribution in [0.25, 0.3) is 6.08 Å². The van der Waals surface area contributed by atoms with Gasteiger partial charge in [-0.05, 0) is 32.4 Å². The van der Waals surface area contributed by atoms with Crippen LogP contribution in [0.15, 0.2) is 35.9 Å². The lowest BCUT2D eigenvalue weighted by atomic mass is 10.1. The highest BCUT2D eigenvalue weighted by Gasteiger charge is 2.09. The van der Waals surface area contributed by atoms with E-state index in [2.05, 4.69) is 32.2 Å². The van der Waals surface area contributed by atoms with Gasteiger partial charge in [0.15, 0.2) is 0 Å². The summed E-state index contributed by atoms with van der Waals surface area (Å²) in [5.41, 5.74) is 1.85. The minimum atomic E-state index is 0.0344. The van der Waals surface area contributed by atoms with Crippen molar-refractivity contribution in [3.8, 4) is 6.07 Å². The SMILES string of the molecule is CC(C)(C)NC/C(C#N)=C/c1ccccc1. The zero-order valence-electron chi connectivity index (χ0n) is 10.1. The molecule has 0 saturated carbocycles. The van der Waals surface area contributed by atoms with E-state index < -0.39 is 0 Å². The van der Waals surface area contributed by atoms with Crippen molar-refractivity contribution in [2.75, 3.05) is 6.54 Å². The van der Waals surface area contributed by atoms with Crippen LogP contribution in [-0.4, -0.2) is 12.1 Å². The van der Waals surface area contributed by atoms with Crippen LogP contribution in [0.2, 0.25) is 0 Å². The lowest BCUT2D eigenvalue weighted by Gasteiger charge is -2.20. The fraction of sp³-hybridized carbons (Fsp3) is 0.357. The van der Waals surface area contributed by atoms with Gasteiger partial charge < -0.3 is 5.32 Å². The molecule has 0 unspecified atom stereocenters. The molecule has 2 heteroatoms. The third kappa shape index (κ3) is 4.77. The Kier molecular flexibility index (Phi) is 4.28. The summed E-state index contributed by atoms with van der Waals surface area (Å²) in [7, 11) is 0. The highest BCUT2D eigenvalue weighted by Crippen LogP contribution is 2.07. The molecule has 0 aliphatic rings. The Morgan fingerprint density at radius 2 is 1.94 bits per heavy atom. The molecule has 2 nitrogen and oxygen atoms in total. The number of nitriles is 1. The van der Waals surface area contributed by atoms with E-state index in [9.17, 15) is 0 Å². The van der Waals surface area contributed by atoms with Crippen LogP contribution in [0.5, 0.6) is 0 Å². The highest BCUT2D eigenvalue weighted by atomic mass is 14.9. The van der Waals surface area contributed by atoms with Crippen molar-refractivity contribution >= 4 is 6.08 Å². The van der Waals surface area contributed by atoms with Crippen molar-refractivity contribution in [3.05, 3.63) is 41.5 Å². The average Bonchev–Trinajstić information content (AvgIpc) is 2.24. The summed E-state index contributed by atoms with van der Waals surface area (Å²) >= 11 is 0. The molecule has 84 valence electrons. The van der Waals surface area contributed by atoms with Gasteiger partial charge in [0.2, 0.25) is 0 Å². The molecule has 1 rings (SSSR count). The van der Waals surface area contributed by atoms with Gasteiger partial charge in [0.1, 0.15) is 0 Å². The van der Waals surface area contributed by atoms with Gasteiger partial charge in [0.25, 0.3) is 0 Å². The maximum Gasteiger partial charge on any atom is 0.0961 e. The first kappa shape index (κ1) is 12.5. The fourth-order valence-corrected chi connectivity index (χ4v) is 1.23. The van der Waals surface area contributed by atoms with Crippen molar-refractivity contribution in [2.24, 2.45) is 0 Å². The van der Waals surface area contributed by atoms with E-state index in [1.165, 1.54) is 0 Å². The molecule has 0 aliphatic carbocycles. The van der Waals surface area contributed by atoms with E-state index in [1.807, 2.05) is 36.4 Å². The van der Waals surface area contributed by atoms with Gasteiger partial charge in [-0.25, -0.2) is 0 Å². The van der Waals surface area contributed by atoms with Crippen molar-refractivity contribution in [3.63, 3.8) is 0 Å². The van der Waals surface area contributed by atoms with Crippen LogP contribution in [-0.2, 0) is 0 Å². The number of rotatable bonds is 3. The van der Waals surface area contributed by atoms with Gasteiger partial charge in [0, 0.05) is 17.7 Å². The van der Waals surface area contributed by atoms with Crippen LogP contribution in [0.1, 0.15) is 26.3 Å². The van der Waals surface area contributed by atoms with E-state index >= 15 is 0 Å². The third-order valence-corrected chi connectivity index (χ3v) is 2.09. The number of nitrogens with zero attached hydrogens (tertiary/aromatic N) is 1. The monoisotopic (exact) mass is 214 g/mol. The van der Waals surface area contributed by atoms with Crippen LogP contribution < -0.4 is 5.32 Å². The lowest BCUT2D eigenvalue weighted by Crippen LogP contribution is -2.36. The molecule has 0 radical (unpaired) electrons. The van der Waals surface area contributed by atoms with Crippen molar-refractivity contribution in [1.29, 1.82) is 5.26 Å². The Labute approximate surface area is 97.6 Å². The van der Waals surface area contributed by atoms with E-state index in [0.717, 1.165) is 11.1 Å². The van der Waals surface area contributed by atoms with Gasteiger partial charge in [-0.1, -0.05) is 30.3 Å². The van der Waals surface area contributed by atoms with Gasteiger partial charge in [-0.3, -0.25) is 0 Å². The predicted molar refractivity (Wildman–Crippen MR) is 67.8 cm³/mol. The van der Waals surface area contributed by atoms with E-state index in [0.29, 0.717) is 6.54 Å². The fourth-order valence-electron chi connectivity index (χ4n) is 1.23. The zero-order valence-corrected chi connectivity index (χ0v) is 10.1. The molecule has 16 heavy (non-hydrogen) atoms. The second kappa shape index (κ2) is 5.48. The summed E-state index contributed by atoms with van der Waals surface area (Å²) in [5, 5.41) is 12.3.